The Bertz CT molecular complexity index is 1160. The molecule has 8 nitrogen and oxygen atoms in total. The van der Waals surface area contributed by atoms with Gasteiger partial charge in [-0.25, -0.2) is 0 Å². The number of ether oxygens (including phenoxy) is 2. The quantitative estimate of drug-likeness (QED) is 0.133. The lowest BCUT2D eigenvalue weighted by atomic mass is 9.70. The summed E-state index contributed by atoms with van der Waals surface area (Å²) in [7, 11) is 0. The van der Waals surface area contributed by atoms with Crippen molar-refractivity contribution >= 4 is 51.0 Å². The molecule has 0 radical (unpaired) electrons. The second-order valence-corrected chi connectivity index (χ2v) is 13.1. The van der Waals surface area contributed by atoms with Crippen molar-refractivity contribution in [1.29, 1.82) is 0 Å². The van der Waals surface area contributed by atoms with Gasteiger partial charge in [0.2, 0.25) is 5.91 Å². The molecule has 1 N–H and O–H groups in total. The molecule has 1 spiro atoms. The normalized spacial score (nSPS) is 29.0. The van der Waals surface area contributed by atoms with Crippen LogP contribution in [-0.2, 0) is 23.9 Å². The first kappa shape index (κ1) is 31.7. The van der Waals surface area contributed by atoms with E-state index in [4.69, 9.17) is 21.1 Å². The lowest BCUT2D eigenvalue weighted by Gasteiger charge is -2.40. The minimum Gasteiger partial charge on any atom is -0.465 e. The summed E-state index contributed by atoms with van der Waals surface area (Å²) in [5.74, 6) is -2.89. The highest BCUT2D eigenvalue weighted by Gasteiger charge is 2.77. The number of carbonyl (C=O) groups excluding carboxylic acids is 3. The SMILES string of the molecule is C=CCCCCOC(=O)[C@H]1[C@@H]2OC3(CC2Br)C(C(=O)N(CC=C)c2ccccc2Cl)N([C@@H](CO)CC(C)C)C(=O)[C@H]13. The third kappa shape index (κ3) is 5.88. The third-order valence-electron chi connectivity index (χ3n) is 8.35. The number of fused-ring (bicyclic) bond motifs is 1. The molecular formula is C31H40BrClN2O6. The van der Waals surface area contributed by atoms with Gasteiger partial charge in [0.05, 0.1) is 47.9 Å². The van der Waals surface area contributed by atoms with E-state index in [1.165, 1.54) is 9.80 Å². The van der Waals surface area contributed by atoms with Crippen LogP contribution in [0, 0.1) is 17.8 Å². The number of halogens is 2. The molecule has 2 bridgehead atoms. The number of allylic oxidation sites excluding steroid dienone is 1. The number of benzene rings is 1. The summed E-state index contributed by atoms with van der Waals surface area (Å²) in [4.78, 5) is 45.3. The van der Waals surface area contributed by atoms with E-state index in [0.717, 1.165) is 12.8 Å². The van der Waals surface area contributed by atoms with Crippen LogP contribution < -0.4 is 4.90 Å². The molecule has 1 aromatic carbocycles. The van der Waals surface area contributed by atoms with E-state index in [-0.39, 0.29) is 36.4 Å². The van der Waals surface area contributed by atoms with Crippen LogP contribution in [0.5, 0.6) is 0 Å². The smallest absolute Gasteiger partial charge is 0.312 e. The summed E-state index contributed by atoms with van der Waals surface area (Å²) < 4.78 is 12.3. The van der Waals surface area contributed by atoms with Gasteiger partial charge < -0.3 is 24.4 Å². The number of esters is 1. The number of amides is 2. The average molecular weight is 652 g/mol. The second kappa shape index (κ2) is 13.4. The molecule has 3 saturated heterocycles. The molecular weight excluding hydrogens is 612 g/mol. The zero-order chi connectivity index (χ0) is 29.9. The number of rotatable bonds is 14. The van der Waals surface area contributed by atoms with Gasteiger partial charge in [-0.3, -0.25) is 14.4 Å². The second-order valence-electron chi connectivity index (χ2n) is 11.5. The van der Waals surface area contributed by atoms with Crippen molar-refractivity contribution in [2.24, 2.45) is 17.8 Å². The summed E-state index contributed by atoms with van der Waals surface area (Å²) in [6.07, 6.45) is 5.98. The summed E-state index contributed by atoms with van der Waals surface area (Å²) in [5, 5.41) is 10.9. The highest BCUT2D eigenvalue weighted by Crippen LogP contribution is 2.61. The predicted molar refractivity (Wildman–Crippen MR) is 162 cm³/mol. The van der Waals surface area contributed by atoms with Crippen LogP contribution in [0.4, 0.5) is 5.69 Å². The molecule has 1 aromatic rings. The van der Waals surface area contributed by atoms with E-state index in [2.05, 4.69) is 29.1 Å². The minimum atomic E-state index is -1.27. The fourth-order valence-corrected chi connectivity index (χ4v) is 7.92. The van der Waals surface area contributed by atoms with Gasteiger partial charge in [0, 0.05) is 11.4 Å². The molecule has 0 aliphatic carbocycles. The number of carbonyl (C=O) groups is 3. The van der Waals surface area contributed by atoms with E-state index in [9.17, 15) is 19.5 Å². The van der Waals surface area contributed by atoms with Crippen LogP contribution in [0.15, 0.2) is 49.6 Å². The Morgan fingerprint density at radius 1 is 1.29 bits per heavy atom. The molecule has 3 unspecified atom stereocenters. The minimum absolute atomic E-state index is 0.138. The van der Waals surface area contributed by atoms with Gasteiger partial charge in [-0.2, -0.15) is 0 Å². The Morgan fingerprint density at radius 2 is 2.02 bits per heavy atom. The van der Waals surface area contributed by atoms with Crippen molar-refractivity contribution in [2.75, 3.05) is 24.7 Å². The number of alkyl halides is 1. The van der Waals surface area contributed by atoms with E-state index in [0.29, 0.717) is 30.0 Å². The van der Waals surface area contributed by atoms with Crippen LogP contribution in [0.25, 0.3) is 0 Å². The maximum Gasteiger partial charge on any atom is 0.312 e. The summed E-state index contributed by atoms with van der Waals surface area (Å²) in [5.41, 5.74) is -0.793. The lowest BCUT2D eigenvalue weighted by molar-refractivity contribution is -0.155. The molecule has 3 aliphatic rings. The molecule has 4 rings (SSSR count). The Morgan fingerprint density at radius 3 is 2.66 bits per heavy atom. The fourth-order valence-electron chi connectivity index (χ4n) is 6.74. The van der Waals surface area contributed by atoms with E-state index >= 15 is 0 Å². The molecule has 0 aromatic heterocycles. The number of unbranched alkanes of at least 4 members (excludes halogenated alkanes) is 2. The maximum absolute atomic E-state index is 14.7. The summed E-state index contributed by atoms with van der Waals surface area (Å²) in [6, 6.07) is 5.28. The number of aliphatic hydroxyl groups is 1. The zero-order valence-electron chi connectivity index (χ0n) is 23.7. The zero-order valence-corrected chi connectivity index (χ0v) is 26.1. The molecule has 41 heavy (non-hydrogen) atoms. The van der Waals surface area contributed by atoms with Crippen molar-refractivity contribution in [3.63, 3.8) is 0 Å². The standard InChI is InChI=1S/C31H40BrClN2O6/c1-5-7-8-11-15-40-30(39)24-25-28(37)35(20(18-36)16-19(3)4)27(31(25)17-21(32)26(24)41-31)29(38)34(14-6-2)23-13-10-9-12-22(23)33/h5-6,9-10,12-13,19-21,24-27,36H,1-2,7-8,11,14-18H2,3-4H3/t20-,21?,24-,25+,26-,27?,31?/m1/s1. The summed E-state index contributed by atoms with van der Waals surface area (Å²) in [6.45, 7) is 11.6. The van der Waals surface area contributed by atoms with Gasteiger partial charge in [-0.15, -0.1) is 13.2 Å². The number of hydrogen-bond donors (Lipinski definition) is 1. The Balaban J connectivity index is 1.76. The fraction of sp³-hybridized carbons (Fsp3) is 0.581. The number of nitrogens with zero attached hydrogens (tertiary/aromatic N) is 2. The van der Waals surface area contributed by atoms with Gasteiger partial charge >= 0.3 is 5.97 Å². The van der Waals surface area contributed by atoms with E-state index in [1.807, 2.05) is 19.9 Å². The first-order chi connectivity index (χ1) is 19.6. The highest BCUT2D eigenvalue weighted by atomic mass is 79.9. The van der Waals surface area contributed by atoms with Crippen molar-refractivity contribution < 1.29 is 29.0 Å². The van der Waals surface area contributed by atoms with Crippen molar-refractivity contribution in [3.05, 3.63) is 54.6 Å². The number of aliphatic hydroxyl groups excluding tert-OH is 1. The van der Waals surface area contributed by atoms with Crippen molar-refractivity contribution in [3.8, 4) is 0 Å². The average Bonchev–Trinajstić information content (AvgIpc) is 3.53. The first-order valence-corrected chi connectivity index (χ1v) is 15.6. The van der Waals surface area contributed by atoms with Gasteiger partial charge in [-0.05, 0) is 50.2 Å². The largest absolute Gasteiger partial charge is 0.465 e. The van der Waals surface area contributed by atoms with Gasteiger partial charge in [0.1, 0.15) is 11.6 Å². The summed E-state index contributed by atoms with van der Waals surface area (Å²) >= 11 is 10.2. The molecule has 0 saturated carbocycles. The van der Waals surface area contributed by atoms with Crippen LogP contribution in [-0.4, -0.2) is 76.2 Å². The number of anilines is 1. The predicted octanol–water partition coefficient (Wildman–Crippen LogP) is 4.91. The van der Waals surface area contributed by atoms with Crippen LogP contribution >= 0.6 is 27.5 Å². The van der Waals surface area contributed by atoms with Crippen LogP contribution in [0.1, 0.15) is 46.0 Å². The van der Waals surface area contributed by atoms with Crippen molar-refractivity contribution in [2.45, 2.75) is 74.6 Å². The van der Waals surface area contributed by atoms with Gasteiger partial charge in [0.15, 0.2) is 0 Å². The molecule has 3 heterocycles. The van der Waals surface area contributed by atoms with E-state index in [1.54, 1.807) is 30.3 Å². The third-order valence-corrected chi connectivity index (χ3v) is 9.51. The highest BCUT2D eigenvalue weighted by molar-refractivity contribution is 9.09. The van der Waals surface area contributed by atoms with Crippen LogP contribution in [0.2, 0.25) is 5.02 Å². The Kier molecular flexibility index (Phi) is 10.4. The number of hydrogen-bond acceptors (Lipinski definition) is 6. The lowest BCUT2D eigenvalue weighted by Crippen LogP contribution is -2.59. The molecule has 3 fully saturated rings. The van der Waals surface area contributed by atoms with Crippen molar-refractivity contribution in [1.82, 2.24) is 4.90 Å². The number of para-hydroxylation sites is 1. The Hall–Kier alpha value is -2.20. The van der Waals surface area contributed by atoms with Crippen LogP contribution in [0.3, 0.4) is 0 Å². The van der Waals surface area contributed by atoms with E-state index < -0.39 is 47.5 Å². The number of likely N-dealkylation sites (tertiary alicyclic amines) is 1. The molecule has 10 heteroatoms. The maximum atomic E-state index is 14.7. The topological polar surface area (TPSA) is 96.4 Å². The molecule has 3 aliphatic heterocycles. The molecule has 7 atom stereocenters. The van der Waals surface area contributed by atoms with Gasteiger partial charge in [-0.1, -0.05) is 65.7 Å². The van der Waals surface area contributed by atoms with Gasteiger partial charge in [0.25, 0.3) is 5.91 Å². The Labute approximate surface area is 255 Å². The molecule has 2 amide bonds. The molecule has 224 valence electrons. The monoisotopic (exact) mass is 650 g/mol. The first-order valence-electron chi connectivity index (χ1n) is 14.3.